The Labute approximate surface area is 154 Å². The molecule has 0 aromatic heterocycles. The molecule has 0 N–H and O–H groups in total. The summed E-state index contributed by atoms with van der Waals surface area (Å²) in [5.41, 5.74) is 0. The van der Waals surface area contributed by atoms with Crippen molar-refractivity contribution in [1.29, 1.82) is 0 Å². The Morgan fingerprint density at radius 1 is 0.538 bits per heavy atom. The van der Waals surface area contributed by atoms with Crippen LogP contribution in [0.5, 0.6) is 0 Å². The topological polar surface area (TPSA) is 68.3 Å². The van der Waals surface area contributed by atoms with E-state index < -0.39 is 19.7 Å². The molecule has 3 rings (SSSR count). The van der Waals surface area contributed by atoms with Crippen molar-refractivity contribution in [3.8, 4) is 0 Å². The van der Waals surface area contributed by atoms with Crippen LogP contribution in [0.3, 0.4) is 0 Å². The number of hydrogen-bond acceptors (Lipinski definition) is 4. The normalized spacial score (nSPS) is 11.1. The van der Waals surface area contributed by atoms with Crippen molar-refractivity contribution < 1.29 is 16.8 Å². The summed E-state index contributed by atoms with van der Waals surface area (Å²) >= 11 is 0. The van der Waals surface area contributed by atoms with Gasteiger partial charge in [-0.1, -0.05) is 61.2 Å². The molecule has 0 fully saturated rings. The van der Waals surface area contributed by atoms with E-state index in [1.165, 1.54) is 12.1 Å². The summed E-state index contributed by atoms with van der Waals surface area (Å²) in [5.74, 6) is 0. The lowest BCUT2D eigenvalue weighted by atomic mass is 10.4. The predicted molar refractivity (Wildman–Crippen MR) is 102 cm³/mol. The van der Waals surface area contributed by atoms with Gasteiger partial charge in [0.15, 0.2) is 9.84 Å². The average Bonchev–Trinajstić information content (AvgIpc) is 2.70. The zero-order chi connectivity index (χ0) is 19.0. The molecule has 0 aliphatic heterocycles. The molecule has 0 amide bonds. The molecule has 3 aromatic carbocycles. The van der Waals surface area contributed by atoms with Crippen molar-refractivity contribution in [2.24, 2.45) is 0 Å². The second kappa shape index (κ2) is 8.60. The van der Waals surface area contributed by atoms with Crippen LogP contribution in [0.25, 0.3) is 0 Å². The number of hydrogen-bond donors (Lipinski definition) is 0. The first-order valence-electron chi connectivity index (χ1n) is 7.66. The fraction of sp³-hybridized carbons (Fsp3) is 0. The molecule has 0 radical (unpaired) electrons. The monoisotopic (exact) mass is 386 g/mol. The molecule has 0 unspecified atom stereocenters. The molecule has 0 heterocycles. The Balaban J connectivity index is 0.000000197. The van der Waals surface area contributed by atoms with E-state index >= 15 is 0 Å². The van der Waals surface area contributed by atoms with Crippen LogP contribution in [0.1, 0.15) is 0 Å². The van der Waals surface area contributed by atoms with E-state index in [9.17, 15) is 16.8 Å². The molecule has 4 nitrogen and oxygen atoms in total. The fourth-order valence-corrected chi connectivity index (χ4v) is 4.07. The third-order valence-electron chi connectivity index (χ3n) is 3.40. The molecule has 0 saturated heterocycles. The maximum absolute atomic E-state index is 12.0. The highest BCUT2D eigenvalue weighted by molar-refractivity contribution is 7.94. The van der Waals surface area contributed by atoms with Crippen molar-refractivity contribution in [3.05, 3.63) is 103 Å². The van der Waals surface area contributed by atoms with Crippen LogP contribution in [0.2, 0.25) is 0 Å². The first kappa shape index (κ1) is 19.6. The van der Waals surface area contributed by atoms with Gasteiger partial charge in [-0.2, -0.15) is 0 Å². The average molecular weight is 386 g/mol. The first-order chi connectivity index (χ1) is 12.4. The van der Waals surface area contributed by atoms with E-state index in [1.54, 1.807) is 78.9 Å². The third kappa shape index (κ3) is 4.91. The lowest BCUT2D eigenvalue weighted by Crippen LogP contribution is -2.00. The molecule has 26 heavy (non-hydrogen) atoms. The van der Waals surface area contributed by atoms with Gasteiger partial charge in [-0.15, -0.1) is 0 Å². The summed E-state index contributed by atoms with van der Waals surface area (Å²) in [6, 6.07) is 25.1. The van der Waals surface area contributed by atoms with Gasteiger partial charge in [0.05, 0.1) is 14.7 Å². The third-order valence-corrected chi connectivity index (χ3v) is 6.55. The molecule has 0 bridgehead atoms. The maximum atomic E-state index is 12.0. The van der Waals surface area contributed by atoms with E-state index in [2.05, 4.69) is 6.58 Å². The SMILES string of the molecule is C=CS(=O)(=O)c1ccccc1.O=S(=O)(c1ccccc1)c1ccccc1. The largest absolute Gasteiger partial charge is 0.219 e. The van der Waals surface area contributed by atoms with E-state index in [1.807, 2.05) is 0 Å². The van der Waals surface area contributed by atoms with Crippen LogP contribution in [0.4, 0.5) is 0 Å². The van der Waals surface area contributed by atoms with Crippen molar-refractivity contribution >= 4 is 19.7 Å². The van der Waals surface area contributed by atoms with Gasteiger partial charge in [-0.3, -0.25) is 0 Å². The summed E-state index contributed by atoms with van der Waals surface area (Å²) in [6.07, 6.45) is 0. The second-order valence-corrected chi connectivity index (χ2v) is 9.00. The zero-order valence-corrected chi connectivity index (χ0v) is 15.5. The quantitative estimate of drug-likeness (QED) is 0.676. The smallest absolute Gasteiger partial charge is 0.206 e. The Kier molecular flexibility index (Phi) is 6.49. The van der Waals surface area contributed by atoms with Crippen LogP contribution in [0, 0.1) is 0 Å². The summed E-state index contributed by atoms with van der Waals surface area (Å²) in [4.78, 5) is 0.947. The maximum Gasteiger partial charge on any atom is 0.206 e. The van der Waals surface area contributed by atoms with Crippen LogP contribution in [-0.4, -0.2) is 16.8 Å². The minimum Gasteiger partial charge on any atom is -0.219 e. The summed E-state index contributed by atoms with van der Waals surface area (Å²) in [6.45, 7) is 3.22. The summed E-state index contributed by atoms with van der Waals surface area (Å²) in [7, 11) is -6.57. The molecule has 134 valence electrons. The van der Waals surface area contributed by atoms with Gasteiger partial charge >= 0.3 is 0 Å². The molecular weight excluding hydrogens is 368 g/mol. The molecule has 0 saturated carbocycles. The van der Waals surface area contributed by atoms with Gasteiger partial charge in [-0.25, -0.2) is 16.8 Å². The van der Waals surface area contributed by atoms with E-state index in [4.69, 9.17) is 0 Å². The van der Waals surface area contributed by atoms with Gasteiger partial charge in [-0.05, 0) is 36.4 Å². The lowest BCUT2D eigenvalue weighted by Gasteiger charge is -2.03. The van der Waals surface area contributed by atoms with Gasteiger partial charge in [0, 0.05) is 5.41 Å². The predicted octanol–water partition coefficient (Wildman–Crippen LogP) is 4.12. The number of rotatable bonds is 4. The molecule has 3 aromatic rings. The summed E-state index contributed by atoms with van der Waals surface area (Å²) < 4.78 is 46.2. The zero-order valence-electron chi connectivity index (χ0n) is 13.9. The lowest BCUT2D eigenvalue weighted by molar-refractivity contribution is 0.596. The molecular formula is C20H18O4S2. The van der Waals surface area contributed by atoms with Crippen LogP contribution >= 0.6 is 0 Å². The molecule has 0 spiro atoms. The highest BCUT2D eigenvalue weighted by Gasteiger charge is 2.15. The number of sulfone groups is 2. The summed E-state index contributed by atoms with van der Waals surface area (Å²) in [5, 5.41) is 0.947. The first-order valence-corrected chi connectivity index (χ1v) is 10.7. The Bertz CT molecular complexity index is 997. The van der Waals surface area contributed by atoms with Crippen LogP contribution in [0.15, 0.2) is 118 Å². The molecule has 0 aliphatic carbocycles. The van der Waals surface area contributed by atoms with E-state index in [0.717, 1.165) is 5.41 Å². The van der Waals surface area contributed by atoms with Gasteiger partial charge < -0.3 is 0 Å². The minimum absolute atomic E-state index is 0.287. The van der Waals surface area contributed by atoms with Gasteiger partial charge in [0.2, 0.25) is 9.84 Å². The van der Waals surface area contributed by atoms with Crippen LogP contribution in [-0.2, 0) is 19.7 Å². The fourth-order valence-electron chi connectivity index (χ4n) is 2.04. The van der Waals surface area contributed by atoms with E-state index in [0.29, 0.717) is 9.79 Å². The molecule has 0 atom stereocenters. The number of benzene rings is 3. The van der Waals surface area contributed by atoms with Gasteiger partial charge in [0.1, 0.15) is 0 Å². The highest BCUT2D eigenvalue weighted by atomic mass is 32.2. The minimum atomic E-state index is -3.34. The van der Waals surface area contributed by atoms with Crippen molar-refractivity contribution in [1.82, 2.24) is 0 Å². The van der Waals surface area contributed by atoms with Crippen molar-refractivity contribution in [3.63, 3.8) is 0 Å². The second-order valence-electron chi connectivity index (χ2n) is 5.15. The van der Waals surface area contributed by atoms with Crippen molar-refractivity contribution in [2.75, 3.05) is 0 Å². The molecule has 0 aliphatic rings. The Hall–Kier alpha value is -2.70. The van der Waals surface area contributed by atoms with E-state index in [-0.39, 0.29) is 4.90 Å². The van der Waals surface area contributed by atoms with Crippen molar-refractivity contribution in [2.45, 2.75) is 14.7 Å². The van der Waals surface area contributed by atoms with Crippen LogP contribution < -0.4 is 0 Å². The Morgan fingerprint density at radius 2 is 0.846 bits per heavy atom. The van der Waals surface area contributed by atoms with Gasteiger partial charge in [0.25, 0.3) is 0 Å². The Morgan fingerprint density at radius 3 is 1.15 bits per heavy atom. The standard InChI is InChI=1S/C12H10O2S.C8H8O2S/c13-15(14,11-7-3-1-4-8-11)12-9-5-2-6-10-12;1-2-11(9,10)8-6-4-3-5-7-8/h1-10H;2-7H,1H2. The highest BCUT2D eigenvalue weighted by Crippen LogP contribution is 2.19. The molecule has 6 heteroatoms.